The second-order valence-electron chi connectivity index (χ2n) is 5.79. The number of carbonyl (C=O) groups excluding carboxylic acids is 1. The second-order valence-corrected chi connectivity index (χ2v) is 5.79. The maximum absolute atomic E-state index is 12.9. The topological polar surface area (TPSA) is 38.3 Å². The Morgan fingerprint density at radius 1 is 1.30 bits per heavy atom. The van der Waals surface area contributed by atoms with Crippen molar-refractivity contribution in [2.24, 2.45) is 0 Å². The molecular weight excluding hydrogens is 257 g/mol. The molecule has 0 saturated carbocycles. The summed E-state index contributed by atoms with van der Waals surface area (Å²) in [4.78, 5) is 11.5. The standard InChI is InChI=1S/C16H22FNO2/c1-12-5-7-13(8-6-12)9-14(10-17)11-18-15(19)20-16(2,3)4/h5-8,10H,9,11H2,1-4H3,(H,18,19). The number of ether oxygens (including phenoxy) is 1. The molecule has 0 aromatic heterocycles. The molecule has 0 spiro atoms. The number of nitrogens with one attached hydrogen (secondary N) is 1. The first-order valence-corrected chi connectivity index (χ1v) is 6.60. The summed E-state index contributed by atoms with van der Waals surface area (Å²) in [5, 5.41) is 2.55. The fourth-order valence-electron chi connectivity index (χ4n) is 1.61. The van der Waals surface area contributed by atoms with Crippen LogP contribution in [0.5, 0.6) is 0 Å². The van der Waals surface area contributed by atoms with E-state index >= 15 is 0 Å². The lowest BCUT2D eigenvalue weighted by atomic mass is 10.0. The predicted molar refractivity (Wildman–Crippen MR) is 78.3 cm³/mol. The minimum atomic E-state index is -0.555. The van der Waals surface area contributed by atoms with E-state index in [0.717, 1.165) is 11.1 Å². The maximum Gasteiger partial charge on any atom is 0.407 e. The number of amides is 1. The molecular formula is C16H22FNO2. The molecule has 1 amide bonds. The lowest BCUT2D eigenvalue weighted by Crippen LogP contribution is -2.33. The normalized spacial score (nSPS) is 12.2. The first-order valence-electron chi connectivity index (χ1n) is 6.60. The van der Waals surface area contributed by atoms with Gasteiger partial charge in [-0.25, -0.2) is 9.18 Å². The van der Waals surface area contributed by atoms with E-state index in [1.54, 1.807) is 20.8 Å². The zero-order valence-corrected chi connectivity index (χ0v) is 12.5. The summed E-state index contributed by atoms with van der Waals surface area (Å²) in [6.45, 7) is 7.49. The fraction of sp³-hybridized carbons (Fsp3) is 0.438. The summed E-state index contributed by atoms with van der Waals surface area (Å²) in [6.07, 6.45) is 0.463. The van der Waals surface area contributed by atoms with Gasteiger partial charge in [-0.05, 0) is 45.3 Å². The van der Waals surface area contributed by atoms with Crippen LogP contribution in [0.2, 0.25) is 0 Å². The van der Waals surface area contributed by atoms with E-state index in [-0.39, 0.29) is 6.54 Å². The summed E-state index contributed by atoms with van der Waals surface area (Å²) in [7, 11) is 0. The minimum Gasteiger partial charge on any atom is -0.444 e. The third kappa shape index (κ3) is 6.36. The molecule has 1 aromatic rings. The summed E-state index contributed by atoms with van der Waals surface area (Å²) >= 11 is 0. The van der Waals surface area contributed by atoms with Crippen molar-refractivity contribution in [1.82, 2.24) is 5.32 Å². The Morgan fingerprint density at radius 2 is 1.90 bits per heavy atom. The van der Waals surface area contributed by atoms with Gasteiger partial charge < -0.3 is 10.1 Å². The van der Waals surface area contributed by atoms with E-state index < -0.39 is 11.7 Å². The smallest absolute Gasteiger partial charge is 0.407 e. The van der Waals surface area contributed by atoms with Gasteiger partial charge in [0.2, 0.25) is 0 Å². The van der Waals surface area contributed by atoms with Crippen molar-refractivity contribution in [1.29, 1.82) is 0 Å². The Balaban J connectivity index is 2.48. The van der Waals surface area contributed by atoms with Gasteiger partial charge in [0.1, 0.15) is 5.60 Å². The Labute approximate surface area is 119 Å². The zero-order valence-electron chi connectivity index (χ0n) is 12.5. The van der Waals surface area contributed by atoms with Crippen molar-refractivity contribution < 1.29 is 13.9 Å². The van der Waals surface area contributed by atoms with E-state index in [0.29, 0.717) is 18.3 Å². The Kier molecular flexibility index (Phi) is 5.74. The van der Waals surface area contributed by atoms with Crippen molar-refractivity contribution in [2.75, 3.05) is 6.54 Å². The molecule has 20 heavy (non-hydrogen) atoms. The zero-order chi connectivity index (χ0) is 15.2. The van der Waals surface area contributed by atoms with Crippen LogP contribution in [0.4, 0.5) is 9.18 Å². The van der Waals surface area contributed by atoms with E-state index in [2.05, 4.69) is 5.32 Å². The number of aryl methyl sites for hydroxylation is 1. The van der Waals surface area contributed by atoms with Gasteiger partial charge in [0, 0.05) is 6.54 Å². The lowest BCUT2D eigenvalue weighted by molar-refractivity contribution is 0.0532. The number of benzene rings is 1. The third-order valence-corrected chi connectivity index (χ3v) is 2.56. The molecule has 3 nitrogen and oxygen atoms in total. The van der Waals surface area contributed by atoms with Crippen molar-refractivity contribution in [3.63, 3.8) is 0 Å². The second kappa shape index (κ2) is 7.08. The molecule has 0 aliphatic rings. The van der Waals surface area contributed by atoms with Crippen LogP contribution in [-0.4, -0.2) is 18.2 Å². The van der Waals surface area contributed by atoms with E-state index in [1.165, 1.54) is 0 Å². The molecule has 1 aromatic carbocycles. The van der Waals surface area contributed by atoms with Crippen molar-refractivity contribution in [3.8, 4) is 0 Å². The maximum atomic E-state index is 12.9. The SMILES string of the molecule is Cc1ccc(CC(=CF)CNC(=O)OC(C)(C)C)cc1. The fourth-order valence-corrected chi connectivity index (χ4v) is 1.61. The summed E-state index contributed by atoms with van der Waals surface area (Å²) in [5.74, 6) is 0. The monoisotopic (exact) mass is 279 g/mol. The van der Waals surface area contributed by atoms with Crippen molar-refractivity contribution >= 4 is 6.09 Å². The molecule has 0 aliphatic heterocycles. The number of alkyl carbamates (subject to hydrolysis) is 1. The molecule has 0 radical (unpaired) electrons. The lowest BCUT2D eigenvalue weighted by Gasteiger charge is -2.20. The van der Waals surface area contributed by atoms with Gasteiger partial charge in [0.05, 0.1) is 6.33 Å². The van der Waals surface area contributed by atoms with E-state index in [1.807, 2.05) is 31.2 Å². The number of carbonyl (C=O) groups is 1. The molecule has 0 saturated heterocycles. The summed E-state index contributed by atoms with van der Waals surface area (Å²) in [6, 6.07) is 7.86. The van der Waals surface area contributed by atoms with Crippen molar-refractivity contribution in [2.45, 2.75) is 39.7 Å². The number of rotatable bonds is 4. The molecule has 4 heteroatoms. The Hall–Kier alpha value is -1.84. The number of hydrogen-bond donors (Lipinski definition) is 1. The van der Waals surface area contributed by atoms with Crippen LogP contribution < -0.4 is 5.32 Å². The Morgan fingerprint density at radius 3 is 2.40 bits per heavy atom. The molecule has 0 unspecified atom stereocenters. The summed E-state index contributed by atoms with van der Waals surface area (Å²) < 4.78 is 18.0. The molecule has 0 heterocycles. The number of hydrogen-bond acceptors (Lipinski definition) is 2. The average molecular weight is 279 g/mol. The van der Waals surface area contributed by atoms with Crippen LogP contribution in [0.1, 0.15) is 31.9 Å². The third-order valence-electron chi connectivity index (χ3n) is 2.56. The molecule has 0 atom stereocenters. The van der Waals surface area contributed by atoms with Crippen LogP contribution in [0.3, 0.4) is 0 Å². The summed E-state index contributed by atoms with van der Waals surface area (Å²) in [5.41, 5.74) is 2.11. The molecule has 0 bridgehead atoms. The molecule has 110 valence electrons. The minimum absolute atomic E-state index is 0.138. The average Bonchev–Trinajstić information content (AvgIpc) is 2.34. The molecule has 0 fully saturated rings. The first kappa shape index (κ1) is 16.2. The highest BCUT2D eigenvalue weighted by Gasteiger charge is 2.16. The van der Waals surface area contributed by atoms with E-state index in [9.17, 15) is 9.18 Å². The van der Waals surface area contributed by atoms with Crippen LogP contribution in [0, 0.1) is 6.92 Å². The first-order chi connectivity index (χ1) is 9.30. The van der Waals surface area contributed by atoms with Gasteiger partial charge in [-0.2, -0.15) is 0 Å². The van der Waals surface area contributed by atoms with Crippen LogP contribution in [0.15, 0.2) is 36.2 Å². The van der Waals surface area contributed by atoms with Crippen molar-refractivity contribution in [3.05, 3.63) is 47.3 Å². The highest BCUT2D eigenvalue weighted by molar-refractivity contribution is 5.68. The van der Waals surface area contributed by atoms with Gasteiger partial charge >= 0.3 is 6.09 Å². The predicted octanol–water partition coefficient (Wildman–Crippen LogP) is 3.92. The van der Waals surface area contributed by atoms with Crippen LogP contribution in [0.25, 0.3) is 0 Å². The molecule has 0 aliphatic carbocycles. The largest absolute Gasteiger partial charge is 0.444 e. The number of halogens is 1. The van der Waals surface area contributed by atoms with Gasteiger partial charge in [-0.1, -0.05) is 29.8 Å². The van der Waals surface area contributed by atoms with Crippen LogP contribution >= 0.6 is 0 Å². The highest BCUT2D eigenvalue weighted by atomic mass is 19.1. The van der Waals surface area contributed by atoms with Gasteiger partial charge in [-0.15, -0.1) is 0 Å². The quantitative estimate of drug-likeness (QED) is 0.907. The van der Waals surface area contributed by atoms with Gasteiger partial charge in [0.25, 0.3) is 0 Å². The van der Waals surface area contributed by atoms with Gasteiger partial charge in [0.15, 0.2) is 0 Å². The highest BCUT2D eigenvalue weighted by Crippen LogP contribution is 2.10. The Bertz CT molecular complexity index is 472. The molecule has 1 rings (SSSR count). The molecule has 1 N–H and O–H groups in total. The van der Waals surface area contributed by atoms with E-state index in [4.69, 9.17) is 4.74 Å². The van der Waals surface area contributed by atoms with Gasteiger partial charge in [-0.3, -0.25) is 0 Å². The van der Waals surface area contributed by atoms with Crippen LogP contribution in [-0.2, 0) is 11.2 Å².